The molecule has 3 aromatic rings. The lowest BCUT2D eigenvalue weighted by atomic mass is 9.94. The Hall–Kier alpha value is -4.66. The number of nitrogens with zero attached hydrogens (tertiary/aromatic N) is 1. The topological polar surface area (TPSA) is 105 Å². The lowest BCUT2D eigenvalue weighted by Gasteiger charge is -2.27. The number of halogens is 1. The van der Waals surface area contributed by atoms with Gasteiger partial charge in [0.05, 0.1) is 31.4 Å². The fourth-order valence-corrected chi connectivity index (χ4v) is 4.23. The average molecular weight is 490 g/mol. The van der Waals surface area contributed by atoms with Crippen molar-refractivity contribution in [2.45, 2.75) is 13.0 Å². The summed E-state index contributed by atoms with van der Waals surface area (Å²) in [4.78, 5) is 39.6. The molecule has 0 saturated carbocycles. The van der Waals surface area contributed by atoms with Crippen LogP contribution in [0, 0.1) is 5.82 Å². The minimum atomic E-state index is -1.12. The maximum atomic E-state index is 14.1. The number of ether oxygens (including phenoxy) is 2. The first-order valence-corrected chi connectivity index (χ1v) is 10.9. The molecule has 36 heavy (non-hydrogen) atoms. The van der Waals surface area contributed by atoms with Crippen LogP contribution < -0.4 is 19.7 Å². The SMILES string of the molecule is COc1ccc(F)cc1/C(O)=C1\C(=O)C(=O)N(c2cccc(NC(C)=O)c2)C1c1ccccc1OC. The van der Waals surface area contributed by atoms with Crippen molar-refractivity contribution in [3.8, 4) is 11.5 Å². The van der Waals surface area contributed by atoms with Crippen LogP contribution in [-0.2, 0) is 14.4 Å². The molecule has 4 rings (SSSR count). The van der Waals surface area contributed by atoms with E-state index in [9.17, 15) is 23.9 Å². The van der Waals surface area contributed by atoms with Crippen molar-refractivity contribution in [1.82, 2.24) is 0 Å². The highest BCUT2D eigenvalue weighted by Gasteiger charge is 2.48. The van der Waals surface area contributed by atoms with E-state index in [1.54, 1.807) is 42.5 Å². The van der Waals surface area contributed by atoms with E-state index in [2.05, 4.69) is 5.32 Å². The summed E-state index contributed by atoms with van der Waals surface area (Å²) >= 11 is 0. The van der Waals surface area contributed by atoms with Crippen molar-refractivity contribution >= 4 is 34.7 Å². The molecule has 1 atom stereocenters. The molecule has 9 heteroatoms. The summed E-state index contributed by atoms with van der Waals surface area (Å²) in [6, 6.07) is 15.5. The Labute approximate surface area is 206 Å². The zero-order valence-corrected chi connectivity index (χ0v) is 19.7. The Morgan fingerprint density at radius 1 is 0.972 bits per heavy atom. The highest BCUT2D eigenvalue weighted by molar-refractivity contribution is 6.51. The minimum absolute atomic E-state index is 0.0811. The molecule has 1 saturated heterocycles. The molecule has 0 bridgehead atoms. The minimum Gasteiger partial charge on any atom is -0.507 e. The predicted molar refractivity (Wildman–Crippen MR) is 131 cm³/mol. The first-order chi connectivity index (χ1) is 17.3. The van der Waals surface area contributed by atoms with E-state index < -0.39 is 29.3 Å². The van der Waals surface area contributed by atoms with Crippen LogP contribution in [0.1, 0.15) is 24.1 Å². The van der Waals surface area contributed by atoms with Crippen LogP contribution >= 0.6 is 0 Å². The van der Waals surface area contributed by atoms with Crippen molar-refractivity contribution in [2.24, 2.45) is 0 Å². The highest BCUT2D eigenvalue weighted by atomic mass is 19.1. The maximum Gasteiger partial charge on any atom is 0.300 e. The van der Waals surface area contributed by atoms with Gasteiger partial charge >= 0.3 is 0 Å². The van der Waals surface area contributed by atoms with Gasteiger partial charge in [0, 0.05) is 23.9 Å². The predicted octanol–water partition coefficient (Wildman–Crippen LogP) is 4.43. The molecule has 1 aliphatic heterocycles. The molecule has 1 heterocycles. The van der Waals surface area contributed by atoms with Crippen LogP contribution in [0.2, 0.25) is 0 Å². The van der Waals surface area contributed by atoms with E-state index in [0.29, 0.717) is 22.7 Å². The standard InChI is InChI=1S/C27H23FN2O6/c1-15(31)29-17-7-6-8-18(14-17)30-24(19-9-4-5-10-21(19)35-2)23(26(33)27(30)34)25(32)20-13-16(28)11-12-22(20)36-3/h4-14,24,32H,1-3H3,(H,29,31)/b25-23+. The molecule has 8 nitrogen and oxygen atoms in total. The number of hydrogen-bond acceptors (Lipinski definition) is 6. The van der Waals surface area contributed by atoms with Gasteiger partial charge in [0.15, 0.2) is 0 Å². The van der Waals surface area contributed by atoms with Crippen LogP contribution in [0.4, 0.5) is 15.8 Å². The second-order valence-electron chi connectivity index (χ2n) is 7.99. The van der Waals surface area contributed by atoms with Gasteiger partial charge in [-0.25, -0.2) is 4.39 Å². The van der Waals surface area contributed by atoms with Gasteiger partial charge in [0.2, 0.25) is 5.91 Å². The third kappa shape index (κ3) is 4.38. The lowest BCUT2D eigenvalue weighted by Crippen LogP contribution is -2.29. The Bertz CT molecular complexity index is 1400. The van der Waals surface area contributed by atoms with Gasteiger partial charge in [0.1, 0.15) is 23.1 Å². The van der Waals surface area contributed by atoms with E-state index in [1.807, 2.05) is 0 Å². The third-order valence-corrected chi connectivity index (χ3v) is 5.74. The Kier molecular flexibility index (Phi) is 6.73. The normalized spacial score (nSPS) is 16.7. The van der Waals surface area contributed by atoms with Gasteiger partial charge in [-0.15, -0.1) is 0 Å². The van der Waals surface area contributed by atoms with Crippen molar-refractivity contribution in [3.63, 3.8) is 0 Å². The molecule has 2 amide bonds. The fourth-order valence-electron chi connectivity index (χ4n) is 4.23. The Morgan fingerprint density at radius 3 is 2.39 bits per heavy atom. The highest BCUT2D eigenvalue weighted by Crippen LogP contribution is 2.46. The maximum absolute atomic E-state index is 14.1. The lowest BCUT2D eigenvalue weighted by molar-refractivity contribution is -0.132. The van der Waals surface area contributed by atoms with Gasteiger partial charge in [-0.05, 0) is 42.5 Å². The van der Waals surface area contributed by atoms with Crippen LogP contribution in [0.15, 0.2) is 72.3 Å². The van der Waals surface area contributed by atoms with Crippen LogP contribution in [-0.4, -0.2) is 36.9 Å². The second-order valence-corrected chi connectivity index (χ2v) is 7.99. The van der Waals surface area contributed by atoms with Gasteiger partial charge in [0.25, 0.3) is 11.7 Å². The summed E-state index contributed by atoms with van der Waals surface area (Å²) in [7, 11) is 2.78. The smallest absolute Gasteiger partial charge is 0.300 e. The van der Waals surface area contributed by atoms with Gasteiger partial charge in [-0.1, -0.05) is 24.3 Å². The van der Waals surface area contributed by atoms with Crippen LogP contribution in [0.25, 0.3) is 5.76 Å². The number of hydrogen-bond donors (Lipinski definition) is 2. The third-order valence-electron chi connectivity index (χ3n) is 5.74. The summed E-state index contributed by atoms with van der Waals surface area (Å²) in [6.45, 7) is 1.35. The summed E-state index contributed by atoms with van der Waals surface area (Å²) < 4.78 is 24.9. The second kappa shape index (κ2) is 9.91. The van der Waals surface area contributed by atoms with Crippen LogP contribution in [0.5, 0.6) is 11.5 Å². The molecule has 184 valence electrons. The number of carbonyl (C=O) groups is 3. The summed E-state index contributed by atoms with van der Waals surface area (Å²) in [6.07, 6.45) is 0. The number of para-hydroxylation sites is 1. The molecule has 1 aliphatic rings. The van der Waals surface area contributed by atoms with E-state index in [-0.39, 0.29) is 22.8 Å². The van der Waals surface area contributed by atoms with E-state index in [4.69, 9.17) is 9.47 Å². The van der Waals surface area contributed by atoms with Crippen molar-refractivity contribution in [2.75, 3.05) is 24.4 Å². The Morgan fingerprint density at radius 2 is 1.69 bits per heavy atom. The molecule has 1 unspecified atom stereocenters. The van der Waals surface area contributed by atoms with E-state index >= 15 is 0 Å². The summed E-state index contributed by atoms with van der Waals surface area (Å²) in [5, 5.41) is 14.0. The largest absolute Gasteiger partial charge is 0.507 e. The molecule has 2 N–H and O–H groups in total. The molecule has 1 fully saturated rings. The van der Waals surface area contributed by atoms with Crippen molar-refractivity contribution in [1.29, 1.82) is 0 Å². The average Bonchev–Trinajstić information content (AvgIpc) is 3.13. The molecule has 0 aromatic heterocycles. The van der Waals surface area contributed by atoms with Gasteiger partial charge in [-0.2, -0.15) is 0 Å². The zero-order chi connectivity index (χ0) is 26.0. The molecular formula is C27H23FN2O6. The first-order valence-electron chi connectivity index (χ1n) is 10.9. The number of anilines is 2. The number of rotatable bonds is 6. The van der Waals surface area contributed by atoms with Gasteiger partial charge in [-0.3, -0.25) is 19.3 Å². The number of benzene rings is 3. The van der Waals surface area contributed by atoms with Gasteiger partial charge < -0.3 is 19.9 Å². The Balaban J connectivity index is 2.00. The fraction of sp³-hybridized carbons (Fsp3) is 0.148. The number of ketones is 1. The van der Waals surface area contributed by atoms with E-state index in [0.717, 1.165) is 12.1 Å². The molecule has 0 radical (unpaired) electrons. The number of aliphatic hydroxyl groups excluding tert-OH is 1. The van der Waals surface area contributed by atoms with E-state index in [1.165, 1.54) is 38.2 Å². The number of nitrogens with one attached hydrogen (secondary N) is 1. The molecular weight excluding hydrogens is 467 g/mol. The number of amides is 2. The number of methoxy groups -OCH3 is 2. The summed E-state index contributed by atoms with van der Waals surface area (Å²) in [5.41, 5.74) is 0.777. The number of Topliss-reactive ketones (excluding diaryl/α,β-unsaturated/α-hetero) is 1. The van der Waals surface area contributed by atoms with Crippen molar-refractivity contribution in [3.05, 3.63) is 89.2 Å². The first kappa shape index (κ1) is 24.5. The monoisotopic (exact) mass is 490 g/mol. The number of carbonyl (C=O) groups excluding carboxylic acids is 3. The number of aliphatic hydroxyl groups is 1. The molecule has 3 aromatic carbocycles. The van der Waals surface area contributed by atoms with Crippen molar-refractivity contribution < 1.29 is 33.4 Å². The zero-order valence-electron chi connectivity index (χ0n) is 19.7. The quantitative estimate of drug-likeness (QED) is 0.301. The van der Waals surface area contributed by atoms with Crippen LogP contribution in [0.3, 0.4) is 0 Å². The molecule has 0 spiro atoms. The summed E-state index contributed by atoms with van der Waals surface area (Å²) in [5.74, 6) is -2.98. The molecule has 0 aliphatic carbocycles.